The predicted octanol–water partition coefficient (Wildman–Crippen LogP) is 2.35. The van der Waals surface area contributed by atoms with Crippen LogP contribution >= 0.6 is 15.9 Å². The molecule has 0 amide bonds. The molecule has 1 aromatic rings. The maximum atomic E-state index is 8.81. The first kappa shape index (κ1) is 12.0. The van der Waals surface area contributed by atoms with E-state index in [0.717, 1.165) is 22.9 Å². The van der Waals surface area contributed by atoms with Crippen LogP contribution in [0.5, 0.6) is 0 Å². The van der Waals surface area contributed by atoms with E-state index in [0.29, 0.717) is 0 Å². The molecule has 0 fully saturated rings. The van der Waals surface area contributed by atoms with E-state index in [2.05, 4.69) is 20.9 Å². The third kappa shape index (κ3) is 6.21. The Morgan fingerprint density at radius 2 is 1.92 bits per heavy atom. The summed E-state index contributed by atoms with van der Waals surface area (Å²) >= 11 is 3.37. The Morgan fingerprint density at radius 1 is 1.46 bits per heavy atom. The molecule has 0 aliphatic rings. The second-order valence-corrected chi connectivity index (χ2v) is 3.31. The van der Waals surface area contributed by atoms with Crippen molar-refractivity contribution in [3.05, 3.63) is 38.1 Å². The van der Waals surface area contributed by atoms with Gasteiger partial charge in [0, 0.05) is 15.1 Å². The fourth-order valence-electron chi connectivity index (χ4n) is 0.670. The summed E-state index contributed by atoms with van der Waals surface area (Å²) < 4.78 is 1.08. The van der Waals surface area contributed by atoms with Gasteiger partial charge in [0.25, 0.3) is 0 Å². The Morgan fingerprint density at radius 3 is 2.23 bits per heavy atom. The molecule has 4 nitrogen and oxygen atoms in total. The zero-order valence-electron chi connectivity index (χ0n) is 7.74. The number of aromatic nitrogens is 1. The number of hydrogen-bond acceptors (Lipinski definition) is 3. The molecule has 13 heavy (non-hydrogen) atoms. The summed E-state index contributed by atoms with van der Waals surface area (Å²) in [7, 11) is 0.889. The van der Waals surface area contributed by atoms with Crippen molar-refractivity contribution in [1.29, 1.82) is 0 Å². The van der Waals surface area contributed by atoms with Gasteiger partial charge in [0.2, 0.25) is 0 Å². The Bertz CT molecular complexity index is 298. The van der Waals surface area contributed by atoms with E-state index < -0.39 is 4.92 Å². The molecule has 0 aliphatic heterocycles. The van der Waals surface area contributed by atoms with E-state index in [1.807, 2.05) is 26.0 Å². The van der Waals surface area contributed by atoms with Crippen molar-refractivity contribution in [2.45, 2.75) is 13.8 Å². The lowest BCUT2D eigenvalue weighted by Gasteiger charge is -1.95. The average molecular weight is 247 g/mol. The van der Waals surface area contributed by atoms with Crippen LogP contribution in [0.1, 0.15) is 11.4 Å². The van der Waals surface area contributed by atoms with E-state index in [4.69, 9.17) is 10.1 Å². The predicted molar refractivity (Wildman–Crippen MR) is 54.3 cm³/mol. The summed E-state index contributed by atoms with van der Waals surface area (Å²) in [6.45, 7) is 3.97. The molecule has 0 spiro atoms. The molecular formula is C8H11BrN2O2. The molecule has 1 rings (SSSR count). The molecule has 0 aliphatic carbocycles. The van der Waals surface area contributed by atoms with Crippen LogP contribution < -0.4 is 0 Å². The van der Waals surface area contributed by atoms with Crippen LogP contribution in [-0.4, -0.2) is 17.0 Å². The van der Waals surface area contributed by atoms with Gasteiger partial charge in [-0.15, -0.1) is 0 Å². The van der Waals surface area contributed by atoms with Crippen LogP contribution in [0.4, 0.5) is 0 Å². The molecule has 0 aromatic carbocycles. The van der Waals surface area contributed by atoms with E-state index >= 15 is 0 Å². The minimum absolute atomic E-state index is 0.500. The first-order valence-corrected chi connectivity index (χ1v) is 4.40. The molecule has 72 valence electrons. The lowest BCUT2D eigenvalue weighted by atomic mass is 10.3. The number of nitro groups is 1. The molecule has 0 saturated carbocycles. The monoisotopic (exact) mass is 246 g/mol. The number of rotatable bonds is 0. The number of pyridine rings is 1. The van der Waals surface area contributed by atoms with Gasteiger partial charge in [0.15, 0.2) is 7.05 Å². The van der Waals surface area contributed by atoms with Gasteiger partial charge in [-0.05, 0) is 41.9 Å². The third-order valence-electron chi connectivity index (χ3n) is 1.16. The minimum atomic E-state index is -0.500. The molecule has 0 bridgehead atoms. The summed E-state index contributed by atoms with van der Waals surface area (Å²) in [6, 6.07) is 3.99. The molecule has 1 heterocycles. The number of nitrogens with zero attached hydrogens (tertiary/aromatic N) is 2. The highest BCUT2D eigenvalue weighted by atomic mass is 79.9. The Balaban J connectivity index is 0.000000310. The number of halogens is 1. The lowest BCUT2D eigenvalue weighted by molar-refractivity contribution is -0.445. The summed E-state index contributed by atoms with van der Waals surface area (Å²) in [5.41, 5.74) is 2.12. The molecule has 0 saturated heterocycles. The van der Waals surface area contributed by atoms with Gasteiger partial charge in [-0.2, -0.15) is 0 Å². The molecule has 0 atom stereocenters. The average Bonchev–Trinajstić information content (AvgIpc) is 1.96. The normalized spacial score (nSPS) is 8.62. The van der Waals surface area contributed by atoms with Crippen LogP contribution in [-0.2, 0) is 0 Å². The van der Waals surface area contributed by atoms with Crippen molar-refractivity contribution < 1.29 is 4.92 Å². The summed E-state index contributed by atoms with van der Waals surface area (Å²) in [5.74, 6) is 0. The molecule has 0 unspecified atom stereocenters. The fraction of sp³-hybridized carbons (Fsp3) is 0.375. The zero-order valence-corrected chi connectivity index (χ0v) is 9.33. The maximum absolute atomic E-state index is 8.81. The van der Waals surface area contributed by atoms with Crippen LogP contribution in [0.3, 0.4) is 0 Å². The molecule has 0 N–H and O–H groups in total. The lowest BCUT2D eigenvalue weighted by Crippen LogP contribution is -1.84. The van der Waals surface area contributed by atoms with Crippen molar-refractivity contribution in [3.63, 3.8) is 0 Å². The Labute approximate surface area is 85.3 Å². The van der Waals surface area contributed by atoms with Gasteiger partial charge in [-0.3, -0.25) is 15.1 Å². The quantitative estimate of drug-likeness (QED) is 0.522. The van der Waals surface area contributed by atoms with Gasteiger partial charge >= 0.3 is 0 Å². The molecule has 5 heteroatoms. The smallest absolute Gasteiger partial charge is 0.194 e. The third-order valence-corrected chi connectivity index (χ3v) is 2.00. The highest BCUT2D eigenvalue weighted by Crippen LogP contribution is 2.12. The topological polar surface area (TPSA) is 56.0 Å². The van der Waals surface area contributed by atoms with Gasteiger partial charge in [-0.25, -0.2) is 0 Å². The van der Waals surface area contributed by atoms with Gasteiger partial charge in [0.1, 0.15) is 0 Å². The van der Waals surface area contributed by atoms with Crippen molar-refractivity contribution in [2.75, 3.05) is 7.05 Å². The highest BCUT2D eigenvalue weighted by Gasteiger charge is 1.92. The van der Waals surface area contributed by atoms with Gasteiger partial charge in [0.05, 0.1) is 5.69 Å². The number of aryl methyl sites for hydroxylation is 2. The summed E-state index contributed by atoms with van der Waals surface area (Å²) in [4.78, 5) is 12.5. The minimum Gasteiger partial charge on any atom is -0.265 e. The van der Waals surface area contributed by atoms with Crippen LogP contribution in [0.25, 0.3) is 0 Å². The van der Waals surface area contributed by atoms with Crippen LogP contribution in [0.15, 0.2) is 16.6 Å². The standard InChI is InChI=1S/C7H8BrN.CH3NO2/c1-5-3-4-7(8)6(2)9-5;1-2(3)4/h3-4H,1-2H3;1H3. The largest absolute Gasteiger partial charge is 0.265 e. The van der Waals surface area contributed by atoms with E-state index in [9.17, 15) is 0 Å². The second-order valence-electron chi connectivity index (χ2n) is 2.46. The highest BCUT2D eigenvalue weighted by molar-refractivity contribution is 9.10. The second kappa shape index (κ2) is 5.64. The Hall–Kier alpha value is -0.970. The van der Waals surface area contributed by atoms with E-state index in [1.165, 1.54) is 0 Å². The SMILES string of the molecule is C[N+](=O)[O-].Cc1ccc(Br)c(C)n1. The van der Waals surface area contributed by atoms with E-state index in [-0.39, 0.29) is 0 Å². The summed E-state index contributed by atoms with van der Waals surface area (Å²) in [5, 5.41) is 8.81. The van der Waals surface area contributed by atoms with Crippen LogP contribution in [0.2, 0.25) is 0 Å². The summed E-state index contributed by atoms with van der Waals surface area (Å²) in [6.07, 6.45) is 0. The van der Waals surface area contributed by atoms with Crippen molar-refractivity contribution in [1.82, 2.24) is 4.98 Å². The van der Waals surface area contributed by atoms with Gasteiger partial charge < -0.3 is 0 Å². The first-order valence-electron chi connectivity index (χ1n) is 3.61. The molecule has 0 radical (unpaired) electrons. The van der Waals surface area contributed by atoms with E-state index in [1.54, 1.807) is 0 Å². The molecular weight excluding hydrogens is 236 g/mol. The maximum Gasteiger partial charge on any atom is 0.194 e. The molecule has 1 aromatic heterocycles. The van der Waals surface area contributed by atoms with Crippen molar-refractivity contribution in [2.24, 2.45) is 0 Å². The van der Waals surface area contributed by atoms with Crippen molar-refractivity contribution >= 4 is 15.9 Å². The first-order chi connectivity index (χ1) is 5.93. The van der Waals surface area contributed by atoms with Crippen molar-refractivity contribution in [3.8, 4) is 0 Å². The van der Waals surface area contributed by atoms with Crippen LogP contribution in [0, 0.1) is 24.0 Å². The fourth-order valence-corrected chi connectivity index (χ4v) is 0.890. The van der Waals surface area contributed by atoms with Gasteiger partial charge in [-0.1, -0.05) is 0 Å². The number of hydrogen-bond donors (Lipinski definition) is 0. The Kier molecular flexibility index (Phi) is 5.22. The zero-order chi connectivity index (χ0) is 10.4.